The molecule has 0 bridgehead atoms. The van der Waals surface area contributed by atoms with Crippen LogP contribution in [0.4, 0.5) is 0 Å². The Morgan fingerprint density at radius 3 is 2.80 bits per heavy atom. The number of pyridine rings is 1. The second-order valence-electron chi connectivity index (χ2n) is 6.33. The van der Waals surface area contributed by atoms with Crippen molar-refractivity contribution in [2.45, 2.75) is 45.7 Å². The molecule has 0 aliphatic carbocycles. The average molecular weight is 276 g/mol. The van der Waals surface area contributed by atoms with Crippen molar-refractivity contribution in [2.24, 2.45) is 5.92 Å². The van der Waals surface area contributed by atoms with E-state index < -0.39 is 0 Å². The van der Waals surface area contributed by atoms with Crippen LogP contribution in [0.3, 0.4) is 0 Å². The van der Waals surface area contributed by atoms with E-state index in [4.69, 9.17) is 4.74 Å². The van der Waals surface area contributed by atoms with Crippen LogP contribution < -0.4 is 0 Å². The summed E-state index contributed by atoms with van der Waals surface area (Å²) in [5.41, 5.74) is 0.707. The summed E-state index contributed by atoms with van der Waals surface area (Å²) in [6.07, 6.45) is 3.66. The highest BCUT2D eigenvalue weighted by Gasteiger charge is 2.33. The molecule has 1 saturated heterocycles. The Hall–Kier alpha value is -1.42. The lowest BCUT2D eigenvalue weighted by atomic mass is 9.96. The van der Waals surface area contributed by atoms with Crippen molar-refractivity contribution in [3.63, 3.8) is 0 Å². The van der Waals surface area contributed by atoms with Crippen molar-refractivity contribution in [3.8, 4) is 0 Å². The molecule has 0 aromatic carbocycles. The Morgan fingerprint density at radius 1 is 1.45 bits per heavy atom. The fraction of sp³-hybridized carbons (Fsp3) is 0.625. The number of rotatable bonds is 3. The zero-order chi connectivity index (χ0) is 14.6. The zero-order valence-corrected chi connectivity index (χ0v) is 12.6. The number of amides is 1. The molecule has 0 unspecified atom stereocenters. The first-order valence-electron chi connectivity index (χ1n) is 7.27. The lowest BCUT2D eigenvalue weighted by molar-refractivity contribution is -0.145. The fourth-order valence-corrected chi connectivity index (χ4v) is 2.46. The third-order valence-electron chi connectivity index (χ3n) is 3.63. The van der Waals surface area contributed by atoms with Crippen LogP contribution in [0.25, 0.3) is 0 Å². The molecular weight excluding hydrogens is 252 g/mol. The van der Waals surface area contributed by atoms with Gasteiger partial charge in [-0.05, 0) is 45.7 Å². The van der Waals surface area contributed by atoms with Crippen molar-refractivity contribution in [1.82, 2.24) is 9.88 Å². The smallest absolute Gasteiger partial charge is 0.228 e. The zero-order valence-electron chi connectivity index (χ0n) is 12.6. The molecule has 2 heterocycles. The maximum absolute atomic E-state index is 12.8. The summed E-state index contributed by atoms with van der Waals surface area (Å²) in [7, 11) is 0. The summed E-state index contributed by atoms with van der Waals surface area (Å²) in [4.78, 5) is 19.0. The Labute approximate surface area is 121 Å². The van der Waals surface area contributed by atoms with Gasteiger partial charge in [-0.3, -0.25) is 9.78 Å². The highest BCUT2D eigenvalue weighted by Crippen LogP contribution is 2.23. The number of hydrogen-bond acceptors (Lipinski definition) is 3. The molecule has 1 atom stereocenters. The molecule has 4 heteroatoms. The van der Waals surface area contributed by atoms with Gasteiger partial charge in [0.15, 0.2) is 0 Å². The molecule has 2 rings (SSSR count). The summed E-state index contributed by atoms with van der Waals surface area (Å²) in [6, 6.07) is 5.81. The first-order chi connectivity index (χ1) is 9.48. The molecule has 1 aromatic heterocycles. The molecule has 1 aromatic rings. The van der Waals surface area contributed by atoms with E-state index in [1.54, 1.807) is 6.20 Å². The van der Waals surface area contributed by atoms with E-state index in [0.717, 1.165) is 25.1 Å². The van der Waals surface area contributed by atoms with E-state index in [0.29, 0.717) is 13.2 Å². The van der Waals surface area contributed by atoms with Crippen molar-refractivity contribution < 1.29 is 9.53 Å². The normalized spacial score (nSPS) is 19.6. The van der Waals surface area contributed by atoms with E-state index in [-0.39, 0.29) is 17.4 Å². The minimum Gasteiger partial charge on any atom is -0.381 e. The van der Waals surface area contributed by atoms with Gasteiger partial charge < -0.3 is 9.64 Å². The topological polar surface area (TPSA) is 42.4 Å². The summed E-state index contributed by atoms with van der Waals surface area (Å²) < 4.78 is 5.45. The van der Waals surface area contributed by atoms with E-state index in [1.807, 2.05) is 23.1 Å². The van der Waals surface area contributed by atoms with Gasteiger partial charge in [-0.25, -0.2) is 0 Å². The minimum atomic E-state index is -0.216. The first-order valence-corrected chi connectivity index (χ1v) is 7.27. The van der Waals surface area contributed by atoms with Crippen LogP contribution in [-0.4, -0.2) is 34.5 Å². The molecule has 0 radical (unpaired) electrons. The van der Waals surface area contributed by atoms with Crippen LogP contribution in [0.1, 0.15) is 39.3 Å². The van der Waals surface area contributed by atoms with Crippen LogP contribution in [0.2, 0.25) is 0 Å². The maximum atomic E-state index is 12.8. The molecule has 1 amide bonds. The number of carbonyl (C=O) groups is 1. The van der Waals surface area contributed by atoms with Crippen LogP contribution in [0, 0.1) is 5.92 Å². The Bertz CT molecular complexity index is 434. The third-order valence-corrected chi connectivity index (χ3v) is 3.63. The van der Waals surface area contributed by atoms with Crippen molar-refractivity contribution in [2.75, 3.05) is 13.2 Å². The van der Waals surface area contributed by atoms with Gasteiger partial charge >= 0.3 is 0 Å². The Balaban J connectivity index is 2.13. The van der Waals surface area contributed by atoms with Gasteiger partial charge in [0, 0.05) is 18.3 Å². The number of aromatic nitrogens is 1. The largest absolute Gasteiger partial charge is 0.381 e. The molecule has 1 aliphatic heterocycles. The summed E-state index contributed by atoms with van der Waals surface area (Å²) >= 11 is 0. The lowest BCUT2D eigenvalue weighted by Crippen LogP contribution is -2.49. The Kier molecular flexibility index (Phi) is 4.76. The number of ether oxygens (including phenoxy) is 1. The molecule has 110 valence electrons. The van der Waals surface area contributed by atoms with Gasteiger partial charge in [0.05, 0.1) is 24.8 Å². The standard InChI is InChI=1S/C16H24N2O2/c1-16(2,3)18(11-14-8-4-5-9-17-14)15(19)13-7-6-10-20-12-13/h4-5,8-9,13H,6-7,10-12H2,1-3H3/t13-/m1/s1. The predicted octanol–water partition coefficient (Wildman–Crippen LogP) is 2.64. The summed E-state index contributed by atoms with van der Waals surface area (Å²) in [6.45, 7) is 8.08. The van der Waals surface area contributed by atoms with Gasteiger partial charge in [-0.2, -0.15) is 0 Å². The molecule has 1 aliphatic rings. The molecule has 1 fully saturated rings. The van der Waals surface area contributed by atoms with E-state index in [9.17, 15) is 4.79 Å². The fourth-order valence-electron chi connectivity index (χ4n) is 2.46. The monoisotopic (exact) mass is 276 g/mol. The summed E-state index contributed by atoms with van der Waals surface area (Å²) in [5.74, 6) is 0.176. The van der Waals surface area contributed by atoms with Crippen LogP contribution >= 0.6 is 0 Å². The van der Waals surface area contributed by atoms with Crippen molar-refractivity contribution >= 4 is 5.91 Å². The lowest BCUT2D eigenvalue weighted by Gasteiger charge is -2.38. The van der Waals surface area contributed by atoms with Crippen LogP contribution in [-0.2, 0) is 16.1 Å². The Morgan fingerprint density at radius 2 is 2.25 bits per heavy atom. The number of hydrogen-bond donors (Lipinski definition) is 0. The molecule has 20 heavy (non-hydrogen) atoms. The highest BCUT2D eigenvalue weighted by atomic mass is 16.5. The molecule has 0 saturated carbocycles. The maximum Gasteiger partial charge on any atom is 0.228 e. The first kappa shape index (κ1) is 15.0. The van der Waals surface area contributed by atoms with E-state index >= 15 is 0 Å². The van der Waals surface area contributed by atoms with Crippen LogP contribution in [0.5, 0.6) is 0 Å². The molecule has 4 nitrogen and oxygen atoms in total. The minimum absolute atomic E-state index is 0.00770. The van der Waals surface area contributed by atoms with Gasteiger partial charge in [0.1, 0.15) is 0 Å². The van der Waals surface area contributed by atoms with Gasteiger partial charge in [-0.1, -0.05) is 6.07 Å². The van der Waals surface area contributed by atoms with E-state index in [1.165, 1.54) is 0 Å². The van der Waals surface area contributed by atoms with Gasteiger partial charge in [-0.15, -0.1) is 0 Å². The van der Waals surface area contributed by atoms with Crippen LogP contribution in [0.15, 0.2) is 24.4 Å². The SMILES string of the molecule is CC(C)(C)N(Cc1ccccn1)C(=O)[C@@H]1CCCOC1. The van der Waals surface area contributed by atoms with Crippen molar-refractivity contribution in [3.05, 3.63) is 30.1 Å². The third kappa shape index (κ3) is 3.79. The summed E-state index contributed by atoms with van der Waals surface area (Å²) in [5, 5.41) is 0. The van der Waals surface area contributed by atoms with E-state index in [2.05, 4.69) is 25.8 Å². The van der Waals surface area contributed by atoms with Gasteiger partial charge in [0.2, 0.25) is 5.91 Å². The second-order valence-corrected chi connectivity index (χ2v) is 6.33. The quantitative estimate of drug-likeness (QED) is 0.852. The number of carbonyl (C=O) groups excluding carboxylic acids is 1. The number of nitrogens with zero attached hydrogens (tertiary/aromatic N) is 2. The highest BCUT2D eigenvalue weighted by molar-refractivity contribution is 5.79. The molecule has 0 N–H and O–H groups in total. The second kappa shape index (κ2) is 6.35. The predicted molar refractivity (Wildman–Crippen MR) is 78.1 cm³/mol. The van der Waals surface area contributed by atoms with Crippen molar-refractivity contribution in [1.29, 1.82) is 0 Å². The molecular formula is C16H24N2O2. The van der Waals surface area contributed by atoms with Gasteiger partial charge in [0.25, 0.3) is 0 Å². The molecule has 0 spiro atoms. The average Bonchev–Trinajstić information content (AvgIpc) is 2.45.